The number of aromatic nitrogens is 1. The van der Waals surface area contributed by atoms with Crippen molar-refractivity contribution in [1.29, 1.82) is 0 Å². The maximum absolute atomic E-state index is 12.0. The third-order valence-electron chi connectivity index (χ3n) is 2.46. The highest BCUT2D eigenvalue weighted by Gasteiger charge is 2.27. The molecule has 0 spiro atoms. The molecule has 108 valence electrons. The molecule has 0 radical (unpaired) electrons. The predicted octanol–water partition coefficient (Wildman–Crippen LogP) is 2.91. The molecule has 0 aliphatic heterocycles. The van der Waals surface area contributed by atoms with Crippen LogP contribution in [0.5, 0.6) is 0 Å². The Hall–Kier alpha value is -1.28. The smallest absolute Gasteiger partial charge is 0.136 e. The lowest BCUT2D eigenvalue weighted by Gasteiger charge is -2.25. The van der Waals surface area contributed by atoms with Crippen LogP contribution in [-0.2, 0) is 11.4 Å². The van der Waals surface area contributed by atoms with E-state index in [2.05, 4.69) is 21.5 Å². The Kier molecular flexibility index (Phi) is 6.28. The summed E-state index contributed by atoms with van der Waals surface area (Å²) in [5, 5.41) is 0. The van der Waals surface area contributed by atoms with E-state index in [0.717, 1.165) is 11.1 Å². The minimum atomic E-state index is -1.07. The van der Waals surface area contributed by atoms with Crippen LogP contribution in [0.3, 0.4) is 0 Å². The van der Waals surface area contributed by atoms with Crippen LogP contribution in [0.1, 0.15) is 45.7 Å². The molecule has 0 aromatic carbocycles. The van der Waals surface area contributed by atoms with E-state index in [-0.39, 0.29) is 10.8 Å². The highest BCUT2D eigenvalue weighted by Crippen LogP contribution is 2.14. The normalized spacial score (nSPS) is 14.7. The number of nitrogens with one attached hydrogen (secondary N) is 1. The Labute approximate surface area is 125 Å². The molecule has 0 unspecified atom stereocenters. The molecule has 1 heterocycles. The van der Waals surface area contributed by atoms with Crippen molar-refractivity contribution in [2.24, 2.45) is 0 Å². The van der Waals surface area contributed by atoms with Gasteiger partial charge in [0.2, 0.25) is 0 Å². The van der Waals surface area contributed by atoms with Crippen LogP contribution < -0.4 is 4.72 Å². The Morgan fingerprint density at radius 1 is 1.40 bits per heavy atom. The van der Waals surface area contributed by atoms with Crippen LogP contribution in [0.2, 0.25) is 0 Å². The highest BCUT2D eigenvalue weighted by atomic mass is 32.2. The summed E-state index contributed by atoms with van der Waals surface area (Å²) in [5.41, 5.74) is 1.88. The minimum Gasteiger partial charge on any atom is -0.598 e. The third kappa shape index (κ3) is 5.79. The standard InChI is InChI=1S/C16H22N2OS/c1-6-7-14-10-15(12-17-11-14)9-8-13(2)18-20(19)16(3,4)5/h8-13,18H,1-5H3/b9-8+/t13-,20-/m1/s1. The summed E-state index contributed by atoms with van der Waals surface area (Å²) >= 11 is -1.07. The fourth-order valence-electron chi connectivity index (χ4n) is 1.40. The fourth-order valence-corrected chi connectivity index (χ4v) is 2.17. The van der Waals surface area contributed by atoms with Gasteiger partial charge in [0.15, 0.2) is 0 Å². The number of rotatable bonds is 4. The zero-order chi connectivity index (χ0) is 15.2. The van der Waals surface area contributed by atoms with Crippen molar-refractivity contribution in [3.05, 3.63) is 35.7 Å². The molecule has 1 N–H and O–H groups in total. The predicted molar refractivity (Wildman–Crippen MR) is 86.3 cm³/mol. The van der Waals surface area contributed by atoms with E-state index in [0.29, 0.717) is 0 Å². The summed E-state index contributed by atoms with van der Waals surface area (Å²) in [4.78, 5) is 4.15. The Balaban J connectivity index is 2.67. The summed E-state index contributed by atoms with van der Waals surface area (Å²) in [6, 6.07) is 2.00. The fraction of sp³-hybridized carbons (Fsp3) is 0.438. The molecule has 20 heavy (non-hydrogen) atoms. The number of hydrogen-bond acceptors (Lipinski definition) is 3. The molecule has 0 saturated carbocycles. The zero-order valence-corrected chi connectivity index (χ0v) is 13.5. The van der Waals surface area contributed by atoms with Gasteiger partial charge in [-0.2, -0.15) is 0 Å². The number of nitrogens with zero attached hydrogens (tertiary/aromatic N) is 1. The summed E-state index contributed by atoms with van der Waals surface area (Å²) < 4.78 is 14.8. The van der Waals surface area contributed by atoms with Crippen LogP contribution in [0, 0.1) is 11.8 Å². The Morgan fingerprint density at radius 3 is 2.70 bits per heavy atom. The first-order valence-corrected chi connectivity index (χ1v) is 7.72. The molecule has 0 aliphatic carbocycles. The molecule has 1 aromatic rings. The highest BCUT2D eigenvalue weighted by molar-refractivity contribution is 7.90. The second-order valence-electron chi connectivity index (χ2n) is 5.53. The molecule has 3 nitrogen and oxygen atoms in total. The maximum atomic E-state index is 12.0. The van der Waals surface area contributed by atoms with Gasteiger partial charge in [0, 0.05) is 29.3 Å². The lowest BCUT2D eigenvalue weighted by Crippen LogP contribution is -2.42. The van der Waals surface area contributed by atoms with Gasteiger partial charge in [0.05, 0.1) is 6.04 Å². The van der Waals surface area contributed by atoms with Crippen LogP contribution in [-0.4, -0.2) is 20.3 Å². The van der Waals surface area contributed by atoms with Crippen LogP contribution in [0.4, 0.5) is 0 Å². The summed E-state index contributed by atoms with van der Waals surface area (Å²) in [6.07, 6.45) is 7.46. The van der Waals surface area contributed by atoms with Gasteiger partial charge in [-0.1, -0.05) is 18.1 Å². The van der Waals surface area contributed by atoms with Crippen molar-refractivity contribution >= 4 is 17.4 Å². The molecule has 2 atom stereocenters. The second kappa shape index (κ2) is 7.49. The van der Waals surface area contributed by atoms with Gasteiger partial charge in [0.1, 0.15) is 4.75 Å². The summed E-state index contributed by atoms with van der Waals surface area (Å²) in [6.45, 7) is 9.62. The molecular formula is C16H22N2OS. The molecular weight excluding hydrogens is 268 g/mol. The van der Waals surface area contributed by atoms with Crippen molar-refractivity contribution in [2.45, 2.75) is 45.4 Å². The average Bonchev–Trinajstić information content (AvgIpc) is 2.36. The van der Waals surface area contributed by atoms with Gasteiger partial charge in [-0.3, -0.25) is 4.98 Å². The quantitative estimate of drug-likeness (QED) is 0.685. The molecule has 0 fully saturated rings. The molecule has 0 saturated heterocycles. The maximum Gasteiger partial charge on any atom is 0.136 e. The van der Waals surface area contributed by atoms with E-state index in [1.54, 1.807) is 19.3 Å². The largest absolute Gasteiger partial charge is 0.598 e. The summed E-state index contributed by atoms with van der Waals surface area (Å²) in [7, 11) is 0. The van der Waals surface area contributed by atoms with Crippen LogP contribution in [0.15, 0.2) is 24.5 Å². The van der Waals surface area contributed by atoms with E-state index in [1.807, 2.05) is 45.9 Å². The first-order chi connectivity index (χ1) is 9.32. The molecule has 1 aromatic heterocycles. The van der Waals surface area contributed by atoms with Crippen LogP contribution in [0.25, 0.3) is 6.08 Å². The van der Waals surface area contributed by atoms with Gasteiger partial charge in [-0.15, -0.1) is 10.6 Å². The van der Waals surface area contributed by atoms with E-state index < -0.39 is 11.4 Å². The van der Waals surface area contributed by atoms with E-state index in [4.69, 9.17) is 0 Å². The molecule has 0 aliphatic rings. The topological polar surface area (TPSA) is 48.0 Å². The second-order valence-corrected chi connectivity index (χ2v) is 7.53. The number of hydrogen-bond donors (Lipinski definition) is 1. The Bertz CT molecular complexity index is 523. The lowest BCUT2D eigenvalue weighted by molar-refractivity contribution is 0.539. The van der Waals surface area contributed by atoms with E-state index in [9.17, 15) is 4.55 Å². The molecule has 0 bridgehead atoms. The van der Waals surface area contributed by atoms with E-state index >= 15 is 0 Å². The van der Waals surface area contributed by atoms with Gasteiger partial charge in [0.25, 0.3) is 0 Å². The lowest BCUT2D eigenvalue weighted by atomic mass is 10.2. The zero-order valence-electron chi connectivity index (χ0n) is 12.7. The molecule has 1 rings (SSSR count). The first kappa shape index (κ1) is 16.8. The van der Waals surface area contributed by atoms with Crippen molar-refractivity contribution in [3.63, 3.8) is 0 Å². The monoisotopic (exact) mass is 290 g/mol. The van der Waals surface area contributed by atoms with Crippen molar-refractivity contribution < 1.29 is 4.55 Å². The summed E-state index contributed by atoms with van der Waals surface area (Å²) in [5.74, 6) is 5.83. The number of pyridine rings is 1. The van der Waals surface area contributed by atoms with Gasteiger partial charge >= 0.3 is 0 Å². The van der Waals surface area contributed by atoms with Gasteiger partial charge in [-0.05, 0) is 46.2 Å². The van der Waals surface area contributed by atoms with Crippen molar-refractivity contribution in [3.8, 4) is 11.8 Å². The van der Waals surface area contributed by atoms with Gasteiger partial charge in [-0.25, -0.2) is 0 Å². The minimum absolute atomic E-state index is 0.0240. The van der Waals surface area contributed by atoms with E-state index in [1.165, 1.54) is 0 Å². The SMILES string of the molecule is CC#Cc1cncc(/C=C/[C@@H](C)N[S@+]([O-])C(C)(C)C)c1. The first-order valence-electron chi connectivity index (χ1n) is 6.57. The Morgan fingerprint density at radius 2 is 2.10 bits per heavy atom. The van der Waals surface area contributed by atoms with Gasteiger partial charge < -0.3 is 4.55 Å². The average molecular weight is 290 g/mol. The molecule has 0 amide bonds. The molecule has 4 heteroatoms. The van der Waals surface area contributed by atoms with Crippen molar-refractivity contribution in [1.82, 2.24) is 9.71 Å². The van der Waals surface area contributed by atoms with Crippen LogP contribution >= 0.6 is 0 Å². The third-order valence-corrected chi connectivity index (χ3v) is 4.15. The van der Waals surface area contributed by atoms with Crippen molar-refractivity contribution in [2.75, 3.05) is 0 Å².